The molecule has 4 heteroatoms. The number of hydrogen-bond donors (Lipinski definition) is 0. The van der Waals surface area contributed by atoms with Gasteiger partial charge in [-0.3, -0.25) is 9.59 Å². The van der Waals surface area contributed by atoms with Gasteiger partial charge in [-0.2, -0.15) is 0 Å². The van der Waals surface area contributed by atoms with Gasteiger partial charge >= 0.3 is 11.9 Å². The Morgan fingerprint density at radius 2 is 1.95 bits per heavy atom. The first-order valence-corrected chi connectivity index (χ1v) is 6.84. The number of rotatable bonds is 4. The molecule has 1 aliphatic rings. The molecule has 2 rings (SSSR count). The summed E-state index contributed by atoms with van der Waals surface area (Å²) in [7, 11) is 0. The minimum atomic E-state index is -1.22. The molecule has 1 saturated heterocycles. The Balaban J connectivity index is 2.35. The van der Waals surface area contributed by atoms with Crippen LogP contribution in [-0.4, -0.2) is 24.1 Å². The van der Waals surface area contributed by atoms with Crippen LogP contribution in [0.4, 0.5) is 0 Å². The maximum Gasteiger partial charge on any atom is 0.324 e. The quantitative estimate of drug-likeness (QED) is 0.626. The lowest BCUT2D eigenvalue weighted by molar-refractivity contribution is -0.165. The normalized spacial score (nSPS) is 24.2. The number of esters is 2. The van der Waals surface area contributed by atoms with E-state index in [-0.39, 0.29) is 6.61 Å². The van der Waals surface area contributed by atoms with E-state index < -0.39 is 23.0 Å². The zero-order valence-electron chi connectivity index (χ0n) is 12.1. The molecular weight excluding hydrogens is 256 g/mol. The molecule has 20 heavy (non-hydrogen) atoms. The second-order valence-electron chi connectivity index (χ2n) is 5.79. The number of hydrogen-bond acceptors (Lipinski definition) is 4. The Bertz CT molecular complexity index is 506. The Morgan fingerprint density at radius 3 is 2.45 bits per heavy atom. The van der Waals surface area contributed by atoms with E-state index in [1.807, 2.05) is 44.2 Å². The SMILES string of the molecule is CCOC(=O)C1(Cc2ccccc2)CC(C)(C)OC1=O. The molecule has 1 fully saturated rings. The van der Waals surface area contributed by atoms with Gasteiger partial charge in [-0.1, -0.05) is 30.3 Å². The van der Waals surface area contributed by atoms with Crippen molar-refractivity contribution in [2.45, 2.75) is 39.2 Å². The van der Waals surface area contributed by atoms with Crippen molar-refractivity contribution in [3.05, 3.63) is 35.9 Å². The molecule has 0 bridgehead atoms. The molecule has 1 unspecified atom stereocenters. The van der Waals surface area contributed by atoms with Crippen molar-refractivity contribution >= 4 is 11.9 Å². The van der Waals surface area contributed by atoms with E-state index >= 15 is 0 Å². The number of carbonyl (C=O) groups excluding carboxylic acids is 2. The summed E-state index contributed by atoms with van der Waals surface area (Å²) in [4.78, 5) is 24.7. The van der Waals surface area contributed by atoms with E-state index in [0.717, 1.165) is 5.56 Å². The van der Waals surface area contributed by atoms with Gasteiger partial charge in [-0.25, -0.2) is 0 Å². The number of benzene rings is 1. The minimum absolute atomic E-state index is 0.253. The summed E-state index contributed by atoms with van der Waals surface area (Å²) < 4.78 is 10.5. The highest BCUT2D eigenvalue weighted by Gasteiger charge is 2.58. The van der Waals surface area contributed by atoms with E-state index in [9.17, 15) is 9.59 Å². The highest BCUT2D eigenvalue weighted by Crippen LogP contribution is 2.43. The van der Waals surface area contributed by atoms with Crippen LogP contribution in [0.2, 0.25) is 0 Å². The van der Waals surface area contributed by atoms with Crippen molar-refractivity contribution in [3.63, 3.8) is 0 Å². The average Bonchev–Trinajstić information content (AvgIpc) is 2.61. The van der Waals surface area contributed by atoms with Crippen LogP contribution in [0.5, 0.6) is 0 Å². The average molecular weight is 276 g/mol. The molecule has 0 aliphatic carbocycles. The number of cyclic esters (lactones) is 1. The molecule has 1 aromatic carbocycles. The first-order chi connectivity index (χ1) is 9.39. The van der Waals surface area contributed by atoms with Crippen LogP contribution in [-0.2, 0) is 25.5 Å². The molecule has 1 aromatic rings. The molecule has 0 N–H and O–H groups in total. The van der Waals surface area contributed by atoms with Crippen LogP contribution in [0.25, 0.3) is 0 Å². The lowest BCUT2D eigenvalue weighted by atomic mass is 9.76. The van der Waals surface area contributed by atoms with Crippen LogP contribution in [0, 0.1) is 5.41 Å². The smallest absolute Gasteiger partial charge is 0.324 e. The summed E-state index contributed by atoms with van der Waals surface area (Å²) in [6, 6.07) is 9.48. The molecular formula is C16H20O4. The van der Waals surface area contributed by atoms with Gasteiger partial charge < -0.3 is 9.47 Å². The lowest BCUT2D eigenvalue weighted by Crippen LogP contribution is -2.40. The zero-order chi connectivity index (χ0) is 14.8. The van der Waals surface area contributed by atoms with Gasteiger partial charge in [0.2, 0.25) is 0 Å². The molecule has 1 aliphatic heterocycles. The van der Waals surface area contributed by atoms with E-state index in [2.05, 4.69) is 0 Å². The van der Waals surface area contributed by atoms with Crippen molar-refractivity contribution in [3.8, 4) is 0 Å². The van der Waals surface area contributed by atoms with Gasteiger partial charge in [0.25, 0.3) is 0 Å². The maximum absolute atomic E-state index is 12.3. The van der Waals surface area contributed by atoms with E-state index in [1.165, 1.54) is 0 Å². The topological polar surface area (TPSA) is 52.6 Å². The van der Waals surface area contributed by atoms with Crippen LogP contribution in [0.3, 0.4) is 0 Å². The number of ether oxygens (including phenoxy) is 2. The van der Waals surface area contributed by atoms with Crippen LogP contribution in [0.1, 0.15) is 32.8 Å². The van der Waals surface area contributed by atoms with Gasteiger partial charge in [-0.15, -0.1) is 0 Å². The van der Waals surface area contributed by atoms with Gasteiger partial charge in [0.15, 0.2) is 5.41 Å². The standard InChI is InChI=1S/C16H20O4/c1-4-19-13(17)16(10-12-8-6-5-7-9-12)11-15(2,3)20-14(16)18/h5-9H,4,10-11H2,1-3H3. The van der Waals surface area contributed by atoms with Crippen LogP contribution in [0.15, 0.2) is 30.3 Å². The Morgan fingerprint density at radius 1 is 1.30 bits per heavy atom. The van der Waals surface area contributed by atoms with Crippen molar-refractivity contribution in [2.24, 2.45) is 5.41 Å². The molecule has 0 aromatic heterocycles. The van der Waals surface area contributed by atoms with Crippen molar-refractivity contribution in [1.82, 2.24) is 0 Å². The van der Waals surface area contributed by atoms with Gasteiger partial charge in [-0.05, 0) is 32.8 Å². The zero-order valence-corrected chi connectivity index (χ0v) is 12.1. The Hall–Kier alpha value is -1.84. The summed E-state index contributed by atoms with van der Waals surface area (Å²) in [6.07, 6.45) is 0.654. The van der Waals surface area contributed by atoms with Crippen molar-refractivity contribution in [2.75, 3.05) is 6.61 Å². The van der Waals surface area contributed by atoms with Crippen molar-refractivity contribution in [1.29, 1.82) is 0 Å². The summed E-state index contributed by atoms with van der Waals surface area (Å²) in [5, 5.41) is 0. The first-order valence-electron chi connectivity index (χ1n) is 6.84. The molecule has 0 spiro atoms. The number of carbonyl (C=O) groups is 2. The molecule has 0 radical (unpaired) electrons. The molecule has 1 atom stereocenters. The first kappa shape index (κ1) is 14.6. The third-order valence-corrected chi connectivity index (χ3v) is 3.50. The highest BCUT2D eigenvalue weighted by molar-refractivity contribution is 6.02. The lowest BCUT2D eigenvalue weighted by Gasteiger charge is -2.23. The summed E-state index contributed by atoms with van der Waals surface area (Å²) in [6.45, 7) is 5.62. The maximum atomic E-state index is 12.3. The monoisotopic (exact) mass is 276 g/mol. The fraction of sp³-hybridized carbons (Fsp3) is 0.500. The largest absolute Gasteiger partial charge is 0.465 e. The fourth-order valence-corrected chi connectivity index (χ4v) is 2.76. The van der Waals surface area contributed by atoms with Gasteiger partial charge in [0, 0.05) is 6.42 Å². The third kappa shape index (κ3) is 2.69. The van der Waals surface area contributed by atoms with Gasteiger partial charge in [0.05, 0.1) is 6.61 Å². The third-order valence-electron chi connectivity index (χ3n) is 3.50. The summed E-state index contributed by atoms with van der Waals surface area (Å²) in [5.41, 5.74) is -0.936. The summed E-state index contributed by atoms with van der Waals surface area (Å²) >= 11 is 0. The minimum Gasteiger partial charge on any atom is -0.465 e. The fourth-order valence-electron chi connectivity index (χ4n) is 2.76. The van der Waals surface area contributed by atoms with E-state index in [4.69, 9.17) is 9.47 Å². The molecule has 108 valence electrons. The van der Waals surface area contributed by atoms with Crippen LogP contribution >= 0.6 is 0 Å². The Labute approximate surface area is 119 Å². The predicted octanol–water partition coefficient (Wildman–Crippen LogP) is 2.50. The van der Waals surface area contributed by atoms with Crippen LogP contribution < -0.4 is 0 Å². The van der Waals surface area contributed by atoms with Crippen molar-refractivity contribution < 1.29 is 19.1 Å². The highest BCUT2D eigenvalue weighted by atomic mass is 16.6. The molecule has 1 heterocycles. The molecule has 0 saturated carbocycles. The van der Waals surface area contributed by atoms with E-state index in [0.29, 0.717) is 12.8 Å². The Kier molecular flexibility index (Phi) is 3.84. The molecule has 0 amide bonds. The molecule has 4 nitrogen and oxygen atoms in total. The second-order valence-corrected chi connectivity index (χ2v) is 5.79. The predicted molar refractivity (Wildman–Crippen MR) is 74.0 cm³/mol. The van der Waals surface area contributed by atoms with Gasteiger partial charge in [0.1, 0.15) is 5.60 Å². The van der Waals surface area contributed by atoms with E-state index in [1.54, 1.807) is 6.92 Å². The summed E-state index contributed by atoms with van der Waals surface area (Å²) in [5.74, 6) is -0.968. The second kappa shape index (κ2) is 5.27.